The lowest BCUT2D eigenvalue weighted by Gasteiger charge is -2.26. The van der Waals surface area contributed by atoms with Crippen LogP contribution in [0.4, 0.5) is 18.9 Å². The molecule has 0 saturated carbocycles. The molecule has 0 bridgehead atoms. The van der Waals surface area contributed by atoms with Gasteiger partial charge in [-0.15, -0.1) is 0 Å². The Morgan fingerprint density at radius 1 is 1.03 bits per heavy atom. The maximum atomic E-state index is 13.5. The lowest BCUT2D eigenvalue weighted by atomic mass is 10.1. The Hall–Kier alpha value is -3.44. The highest BCUT2D eigenvalue weighted by molar-refractivity contribution is 7.92. The molecule has 3 aromatic carbocycles. The predicted octanol–water partition coefficient (Wildman–Crippen LogP) is 5.51. The second kappa shape index (κ2) is 10.7. The van der Waals surface area contributed by atoms with Crippen molar-refractivity contribution in [1.82, 2.24) is 5.32 Å². The van der Waals surface area contributed by atoms with Crippen LogP contribution in [0.15, 0.2) is 65.6 Å². The van der Waals surface area contributed by atoms with Gasteiger partial charge in [0.25, 0.3) is 10.0 Å². The van der Waals surface area contributed by atoms with Crippen molar-refractivity contribution in [2.45, 2.75) is 31.0 Å². The molecule has 0 fully saturated rings. The third-order valence-electron chi connectivity index (χ3n) is 5.88. The van der Waals surface area contributed by atoms with E-state index in [1.807, 2.05) is 0 Å². The summed E-state index contributed by atoms with van der Waals surface area (Å²) in [4.78, 5) is 12.9. The van der Waals surface area contributed by atoms with Crippen LogP contribution in [0.2, 0.25) is 5.02 Å². The van der Waals surface area contributed by atoms with Gasteiger partial charge in [0.2, 0.25) is 5.91 Å². The number of carbonyl (C=O) groups excluding carboxylic acids is 1. The van der Waals surface area contributed by atoms with E-state index in [9.17, 15) is 26.4 Å². The van der Waals surface area contributed by atoms with Gasteiger partial charge in [0.15, 0.2) is 11.5 Å². The monoisotopic (exact) mass is 568 g/mol. The lowest BCUT2D eigenvalue weighted by molar-refractivity contribution is -0.137. The molecule has 1 N–H and O–H groups in total. The summed E-state index contributed by atoms with van der Waals surface area (Å²) in [5.41, 5.74) is -0.121. The van der Waals surface area contributed by atoms with E-state index in [0.29, 0.717) is 40.6 Å². The number of anilines is 1. The van der Waals surface area contributed by atoms with Gasteiger partial charge in [0.05, 0.1) is 27.2 Å². The minimum absolute atomic E-state index is 0.181. The first kappa shape index (κ1) is 27.6. The van der Waals surface area contributed by atoms with E-state index in [1.54, 1.807) is 44.2 Å². The van der Waals surface area contributed by atoms with Crippen LogP contribution in [0.3, 0.4) is 0 Å². The normalized spacial score (nSPS) is 14.1. The van der Waals surface area contributed by atoms with Crippen LogP contribution in [-0.4, -0.2) is 34.1 Å². The summed E-state index contributed by atoms with van der Waals surface area (Å²) in [6.07, 6.45) is -4.83. The first-order valence-electron chi connectivity index (χ1n) is 11.5. The minimum atomic E-state index is -4.83. The summed E-state index contributed by atoms with van der Waals surface area (Å²) < 4.78 is 79.4. The lowest BCUT2D eigenvalue weighted by Crippen LogP contribution is -2.41. The second-order valence-electron chi connectivity index (χ2n) is 8.68. The standard InChI is InChI=1S/C26H24ClF3N2O5S/c1-16-3-7-20(8-4-16)38(34,35)32(19-6-9-22(27)21(14-19)26(28,29)30)15-25(33)31-17(2)18-5-10-23-24(13-18)37-12-11-36-23/h3-10,13-14,17H,11-12,15H2,1-2H3,(H,31,33)/t17-/m1/s1. The van der Waals surface area contributed by atoms with Crippen LogP contribution in [-0.2, 0) is 21.0 Å². The molecule has 0 aliphatic carbocycles. The molecule has 0 spiro atoms. The van der Waals surface area contributed by atoms with E-state index in [-0.39, 0.29) is 10.6 Å². The minimum Gasteiger partial charge on any atom is -0.486 e. The average molecular weight is 569 g/mol. The van der Waals surface area contributed by atoms with Gasteiger partial charge >= 0.3 is 6.18 Å². The Labute approximate surface area is 223 Å². The van der Waals surface area contributed by atoms with Gasteiger partial charge in [0, 0.05) is 0 Å². The first-order valence-corrected chi connectivity index (χ1v) is 13.3. The average Bonchev–Trinajstić information content (AvgIpc) is 2.87. The number of rotatable bonds is 7. The number of halogens is 4. The van der Waals surface area contributed by atoms with E-state index in [4.69, 9.17) is 21.1 Å². The number of sulfonamides is 1. The molecule has 7 nitrogen and oxygen atoms in total. The summed E-state index contributed by atoms with van der Waals surface area (Å²) in [5.74, 6) is 0.350. The number of nitrogens with zero attached hydrogens (tertiary/aromatic N) is 1. The SMILES string of the molecule is Cc1ccc(S(=O)(=O)N(CC(=O)N[C@H](C)c2ccc3c(c2)OCCO3)c2ccc(Cl)c(C(F)(F)F)c2)cc1. The number of fused-ring (bicyclic) bond motifs is 1. The van der Waals surface area contributed by atoms with Crippen LogP contribution in [0.5, 0.6) is 11.5 Å². The molecular formula is C26H24ClF3N2O5S. The smallest absolute Gasteiger partial charge is 0.417 e. The maximum absolute atomic E-state index is 13.5. The Balaban J connectivity index is 1.65. The molecule has 0 saturated heterocycles. The zero-order valence-electron chi connectivity index (χ0n) is 20.4. The highest BCUT2D eigenvalue weighted by atomic mass is 35.5. The van der Waals surface area contributed by atoms with Crippen molar-refractivity contribution in [2.24, 2.45) is 0 Å². The van der Waals surface area contributed by atoms with Gasteiger partial charge in [-0.25, -0.2) is 8.42 Å². The van der Waals surface area contributed by atoms with Crippen LogP contribution >= 0.6 is 11.6 Å². The Kier molecular flexibility index (Phi) is 7.80. The molecule has 1 aliphatic heterocycles. The van der Waals surface area contributed by atoms with E-state index in [1.165, 1.54) is 12.1 Å². The van der Waals surface area contributed by atoms with Crippen LogP contribution in [0.1, 0.15) is 29.7 Å². The summed E-state index contributed by atoms with van der Waals surface area (Å²) in [6, 6.07) is 13.0. The number of benzene rings is 3. The molecule has 1 heterocycles. The number of nitrogens with one attached hydrogen (secondary N) is 1. The van der Waals surface area contributed by atoms with Gasteiger partial charge in [-0.1, -0.05) is 35.4 Å². The third kappa shape index (κ3) is 5.99. The van der Waals surface area contributed by atoms with Crippen molar-refractivity contribution in [1.29, 1.82) is 0 Å². The number of ether oxygens (including phenoxy) is 2. The zero-order valence-corrected chi connectivity index (χ0v) is 22.0. The Morgan fingerprint density at radius 3 is 2.34 bits per heavy atom. The topological polar surface area (TPSA) is 84.9 Å². The number of amides is 1. The van der Waals surface area contributed by atoms with Crippen molar-refractivity contribution >= 4 is 33.2 Å². The molecule has 0 radical (unpaired) electrons. The highest BCUT2D eigenvalue weighted by Gasteiger charge is 2.35. The fourth-order valence-electron chi connectivity index (χ4n) is 3.87. The van der Waals surface area contributed by atoms with Gasteiger partial charge in [-0.05, 0) is 61.9 Å². The van der Waals surface area contributed by atoms with Gasteiger partial charge in [0.1, 0.15) is 19.8 Å². The molecule has 12 heteroatoms. The number of hydrogen-bond acceptors (Lipinski definition) is 5. The molecule has 0 unspecified atom stereocenters. The van der Waals surface area contributed by atoms with Crippen LogP contribution in [0, 0.1) is 6.92 Å². The predicted molar refractivity (Wildman–Crippen MR) is 136 cm³/mol. The summed E-state index contributed by atoms with van der Waals surface area (Å²) in [5, 5.41) is 2.11. The summed E-state index contributed by atoms with van der Waals surface area (Å²) >= 11 is 5.74. The molecule has 0 aromatic heterocycles. The van der Waals surface area contributed by atoms with E-state index in [0.717, 1.165) is 17.7 Å². The first-order chi connectivity index (χ1) is 17.9. The number of alkyl halides is 3. The van der Waals surface area contributed by atoms with Gasteiger partial charge in [-0.2, -0.15) is 13.2 Å². The van der Waals surface area contributed by atoms with Crippen molar-refractivity contribution in [3.05, 3.63) is 82.4 Å². The number of hydrogen-bond donors (Lipinski definition) is 1. The summed E-state index contributed by atoms with van der Waals surface area (Å²) in [6.45, 7) is 3.47. The molecule has 3 aromatic rings. The fraction of sp³-hybridized carbons (Fsp3) is 0.269. The van der Waals surface area contributed by atoms with Crippen LogP contribution in [0.25, 0.3) is 0 Å². The van der Waals surface area contributed by atoms with Gasteiger partial charge in [-0.3, -0.25) is 9.10 Å². The largest absolute Gasteiger partial charge is 0.486 e. The van der Waals surface area contributed by atoms with Gasteiger partial charge < -0.3 is 14.8 Å². The molecule has 38 heavy (non-hydrogen) atoms. The molecule has 4 rings (SSSR count). The number of carbonyl (C=O) groups is 1. The molecule has 1 amide bonds. The quantitative estimate of drug-likeness (QED) is 0.406. The van der Waals surface area contributed by atoms with Crippen molar-refractivity contribution in [3.63, 3.8) is 0 Å². The molecular weight excluding hydrogens is 545 g/mol. The van der Waals surface area contributed by atoms with E-state index < -0.39 is 45.3 Å². The van der Waals surface area contributed by atoms with Crippen molar-refractivity contribution in [3.8, 4) is 11.5 Å². The Morgan fingerprint density at radius 2 is 1.68 bits per heavy atom. The molecule has 202 valence electrons. The second-order valence-corrected chi connectivity index (χ2v) is 10.9. The molecule has 1 aliphatic rings. The molecule has 1 atom stereocenters. The Bertz CT molecular complexity index is 1450. The van der Waals surface area contributed by atoms with E-state index in [2.05, 4.69) is 5.32 Å². The number of aryl methyl sites for hydroxylation is 1. The third-order valence-corrected chi connectivity index (χ3v) is 8.00. The summed E-state index contributed by atoms with van der Waals surface area (Å²) in [7, 11) is -4.43. The van der Waals surface area contributed by atoms with E-state index >= 15 is 0 Å². The maximum Gasteiger partial charge on any atom is 0.417 e. The van der Waals surface area contributed by atoms with Crippen molar-refractivity contribution in [2.75, 3.05) is 24.1 Å². The highest BCUT2D eigenvalue weighted by Crippen LogP contribution is 2.38. The van der Waals surface area contributed by atoms with Crippen LogP contribution < -0.4 is 19.1 Å². The fourth-order valence-corrected chi connectivity index (χ4v) is 5.51. The van der Waals surface area contributed by atoms with Crippen molar-refractivity contribution < 1.29 is 35.9 Å². The zero-order chi connectivity index (χ0) is 27.7.